The number of nitrogen functional groups attached to an aromatic ring is 1. The molecule has 1 aliphatic heterocycles. The van der Waals surface area contributed by atoms with Gasteiger partial charge >= 0.3 is 0 Å². The van der Waals surface area contributed by atoms with E-state index in [4.69, 9.17) is 5.73 Å². The molecule has 82 valence electrons. The standard InChI is InChI=1S/C12H13N3S/c13-12-2-1-10(7-14-12)15-5-3-11-9(8-15)4-6-16-11/h1-2,4,6-7H,3,5,8H2,(H2,13,14). The van der Waals surface area contributed by atoms with Gasteiger partial charge in [-0.05, 0) is 35.6 Å². The van der Waals surface area contributed by atoms with Crippen LogP contribution in [0.25, 0.3) is 0 Å². The van der Waals surface area contributed by atoms with Gasteiger partial charge in [0.15, 0.2) is 0 Å². The summed E-state index contributed by atoms with van der Waals surface area (Å²) in [5.41, 5.74) is 8.20. The van der Waals surface area contributed by atoms with Crippen LogP contribution < -0.4 is 10.6 Å². The molecular weight excluding hydrogens is 218 g/mol. The third kappa shape index (κ3) is 1.65. The molecule has 3 nitrogen and oxygen atoms in total. The molecule has 3 rings (SSSR count). The molecule has 0 aromatic carbocycles. The molecule has 0 saturated carbocycles. The highest BCUT2D eigenvalue weighted by molar-refractivity contribution is 7.10. The van der Waals surface area contributed by atoms with Gasteiger partial charge < -0.3 is 10.6 Å². The number of fused-ring (bicyclic) bond motifs is 1. The van der Waals surface area contributed by atoms with Crippen molar-refractivity contribution in [2.45, 2.75) is 13.0 Å². The lowest BCUT2D eigenvalue weighted by Gasteiger charge is -2.28. The fourth-order valence-corrected chi connectivity index (χ4v) is 2.94. The molecule has 0 spiro atoms. The second kappa shape index (κ2) is 3.79. The zero-order valence-electron chi connectivity index (χ0n) is 8.89. The fraction of sp³-hybridized carbons (Fsp3) is 0.250. The number of pyridine rings is 1. The predicted molar refractivity (Wildman–Crippen MR) is 67.7 cm³/mol. The average Bonchev–Trinajstić information content (AvgIpc) is 2.77. The highest BCUT2D eigenvalue weighted by Crippen LogP contribution is 2.27. The van der Waals surface area contributed by atoms with Crippen LogP contribution in [0.4, 0.5) is 11.5 Å². The maximum Gasteiger partial charge on any atom is 0.123 e. The molecule has 2 N–H and O–H groups in total. The van der Waals surface area contributed by atoms with Crippen LogP contribution in [0.2, 0.25) is 0 Å². The van der Waals surface area contributed by atoms with Gasteiger partial charge in [0.2, 0.25) is 0 Å². The minimum atomic E-state index is 0.581. The monoisotopic (exact) mass is 231 g/mol. The number of anilines is 2. The van der Waals surface area contributed by atoms with E-state index in [-0.39, 0.29) is 0 Å². The summed E-state index contributed by atoms with van der Waals surface area (Å²) in [6.45, 7) is 2.06. The Labute approximate surface area is 98.5 Å². The molecule has 0 saturated heterocycles. The summed E-state index contributed by atoms with van der Waals surface area (Å²) in [4.78, 5) is 8.01. The van der Waals surface area contributed by atoms with Crippen LogP contribution >= 0.6 is 11.3 Å². The zero-order valence-corrected chi connectivity index (χ0v) is 9.70. The lowest BCUT2D eigenvalue weighted by Crippen LogP contribution is -2.29. The SMILES string of the molecule is Nc1ccc(N2CCc3sccc3C2)cn1. The topological polar surface area (TPSA) is 42.1 Å². The summed E-state index contributed by atoms with van der Waals surface area (Å²) < 4.78 is 0. The third-order valence-corrected chi connectivity index (χ3v) is 3.97. The van der Waals surface area contributed by atoms with Crippen molar-refractivity contribution in [2.24, 2.45) is 0 Å². The molecule has 1 aliphatic rings. The van der Waals surface area contributed by atoms with E-state index in [1.807, 2.05) is 29.7 Å². The molecule has 0 bridgehead atoms. The Kier molecular flexibility index (Phi) is 2.29. The Morgan fingerprint density at radius 1 is 1.31 bits per heavy atom. The van der Waals surface area contributed by atoms with Crippen molar-refractivity contribution < 1.29 is 0 Å². The van der Waals surface area contributed by atoms with Gasteiger partial charge in [0.25, 0.3) is 0 Å². The number of nitrogens with two attached hydrogens (primary N) is 1. The molecule has 0 radical (unpaired) electrons. The van der Waals surface area contributed by atoms with Crippen LogP contribution in [0, 0.1) is 0 Å². The van der Waals surface area contributed by atoms with Crippen LogP contribution in [0.15, 0.2) is 29.8 Å². The Morgan fingerprint density at radius 3 is 3.06 bits per heavy atom. The number of nitrogens with zero attached hydrogens (tertiary/aromatic N) is 2. The highest BCUT2D eigenvalue weighted by Gasteiger charge is 2.17. The Balaban J connectivity index is 1.86. The van der Waals surface area contributed by atoms with E-state index in [1.54, 1.807) is 0 Å². The van der Waals surface area contributed by atoms with E-state index in [9.17, 15) is 0 Å². The van der Waals surface area contributed by atoms with Crippen molar-refractivity contribution in [1.82, 2.24) is 4.98 Å². The molecule has 3 heterocycles. The molecular formula is C12H13N3S. The van der Waals surface area contributed by atoms with E-state index in [1.165, 1.54) is 10.4 Å². The maximum atomic E-state index is 5.59. The van der Waals surface area contributed by atoms with Gasteiger partial charge in [-0.15, -0.1) is 11.3 Å². The summed E-state index contributed by atoms with van der Waals surface area (Å²) in [7, 11) is 0. The van der Waals surface area contributed by atoms with Crippen molar-refractivity contribution in [2.75, 3.05) is 17.2 Å². The minimum absolute atomic E-state index is 0.581. The van der Waals surface area contributed by atoms with Crippen LogP contribution in [-0.2, 0) is 13.0 Å². The molecule has 2 aromatic rings. The average molecular weight is 231 g/mol. The summed E-state index contributed by atoms with van der Waals surface area (Å²) in [6, 6.07) is 6.12. The van der Waals surface area contributed by atoms with Gasteiger partial charge in [-0.3, -0.25) is 0 Å². The van der Waals surface area contributed by atoms with Crippen molar-refractivity contribution in [3.63, 3.8) is 0 Å². The second-order valence-electron chi connectivity index (χ2n) is 3.98. The van der Waals surface area contributed by atoms with Crippen molar-refractivity contribution in [3.05, 3.63) is 40.2 Å². The smallest absolute Gasteiger partial charge is 0.123 e. The largest absolute Gasteiger partial charge is 0.384 e. The van der Waals surface area contributed by atoms with Crippen LogP contribution in [-0.4, -0.2) is 11.5 Å². The number of thiophene rings is 1. The number of aromatic nitrogens is 1. The van der Waals surface area contributed by atoms with Gasteiger partial charge in [0.1, 0.15) is 5.82 Å². The predicted octanol–water partition coefficient (Wildman–Crippen LogP) is 2.29. The fourth-order valence-electron chi connectivity index (χ4n) is 2.05. The first kappa shape index (κ1) is 9.66. The lowest BCUT2D eigenvalue weighted by atomic mass is 10.1. The first-order valence-electron chi connectivity index (χ1n) is 5.34. The molecule has 2 aromatic heterocycles. The van der Waals surface area contributed by atoms with Gasteiger partial charge in [-0.2, -0.15) is 0 Å². The quantitative estimate of drug-likeness (QED) is 0.818. The Morgan fingerprint density at radius 2 is 2.25 bits per heavy atom. The first-order valence-corrected chi connectivity index (χ1v) is 6.22. The lowest BCUT2D eigenvalue weighted by molar-refractivity contribution is 0.742. The second-order valence-corrected chi connectivity index (χ2v) is 4.98. The van der Waals surface area contributed by atoms with E-state index >= 15 is 0 Å². The minimum Gasteiger partial charge on any atom is -0.384 e. The Hall–Kier alpha value is -1.55. The number of hydrogen-bond donors (Lipinski definition) is 1. The van der Waals surface area contributed by atoms with Gasteiger partial charge in [-0.25, -0.2) is 4.98 Å². The summed E-state index contributed by atoms with van der Waals surface area (Å²) >= 11 is 1.86. The van der Waals surface area contributed by atoms with E-state index in [0.29, 0.717) is 5.82 Å². The van der Waals surface area contributed by atoms with E-state index in [2.05, 4.69) is 21.3 Å². The van der Waals surface area contributed by atoms with Crippen molar-refractivity contribution in [1.29, 1.82) is 0 Å². The van der Waals surface area contributed by atoms with E-state index in [0.717, 1.165) is 25.2 Å². The number of rotatable bonds is 1. The zero-order chi connectivity index (χ0) is 11.0. The normalized spacial score (nSPS) is 14.9. The summed E-state index contributed by atoms with van der Waals surface area (Å²) in [5.74, 6) is 0.581. The van der Waals surface area contributed by atoms with Gasteiger partial charge in [-0.1, -0.05) is 0 Å². The highest BCUT2D eigenvalue weighted by atomic mass is 32.1. The molecule has 0 atom stereocenters. The number of hydrogen-bond acceptors (Lipinski definition) is 4. The summed E-state index contributed by atoms with van der Waals surface area (Å²) in [6.07, 6.45) is 2.99. The molecule has 0 unspecified atom stereocenters. The van der Waals surface area contributed by atoms with Crippen LogP contribution in [0.1, 0.15) is 10.4 Å². The van der Waals surface area contributed by atoms with Crippen LogP contribution in [0.3, 0.4) is 0 Å². The van der Waals surface area contributed by atoms with Gasteiger partial charge in [0.05, 0.1) is 11.9 Å². The van der Waals surface area contributed by atoms with Crippen LogP contribution in [0.5, 0.6) is 0 Å². The van der Waals surface area contributed by atoms with Crippen molar-refractivity contribution in [3.8, 4) is 0 Å². The van der Waals surface area contributed by atoms with Crippen molar-refractivity contribution >= 4 is 22.8 Å². The maximum absolute atomic E-state index is 5.59. The molecule has 4 heteroatoms. The molecule has 0 amide bonds. The summed E-state index contributed by atoms with van der Waals surface area (Å²) in [5, 5.41) is 2.18. The van der Waals surface area contributed by atoms with E-state index < -0.39 is 0 Å². The molecule has 0 fully saturated rings. The van der Waals surface area contributed by atoms with Gasteiger partial charge in [0, 0.05) is 18.0 Å². The first-order chi connectivity index (χ1) is 7.83. The molecule has 16 heavy (non-hydrogen) atoms. The Bertz CT molecular complexity index is 489. The molecule has 0 aliphatic carbocycles. The third-order valence-electron chi connectivity index (χ3n) is 2.94.